The van der Waals surface area contributed by atoms with E-state index in [9.17, 15) is 8.42 Å². The Bertz CT molecular complexity index is 1770. The maximum Gasteiger partial charge on any atom is 0.206 e. The summed E-state index contributed by atoms with van der Waals surface area (Å²) >= 11 is 3.58. The molecule has 6 aromatic rings. The van der Waals surface area contributed by atoms with Crippen molar-refractivity contribution in [2.24, 2.45) is 0 Å². The lowest BCUT2D eigenvalue weighted by Crippen LogP contribution is -2.01. The number of rotatable bonds is 3. The van der Waals surface area contributed by atoms with Crippen molar-refractivity contribution in [3.05, 3.63) is 95.4 Å². The molecule has 162 valence electrons. The second-order valence-corrected chi connectivity index (χ2v) is 12.3. The van der Waals surface area contributed by atoms with Gasteiger partial charge in [-0.25, -0.2) is 8.42 Å². The Morgan fingerprint density at radius 2 is 1.27 bits per heavy atom. The van der Waals surface area contributed by atoms with Crippen LogP contribution in [-0.4, -0.2) is 8.42 Å². The van der Waals surface area contributed by atoms with Crippen molar-refractivity contribution in [2.45, 2.75) is 23.6 Å². The molecule has 0 aliphatic heterocycles. The maximum absolute atomic E-state index is 12.9. The number of hydrogen-bond donors (Lipinski definition) is 0. The van der Waals surface area contributed by atoms with Crippen LogP contribution in [0.1, 0.15) is 11.1 Å². The first kappa shape index (κ1) is 20.6. The smallest absolute Gasteiger partial charge is 0.206 e. The van der Waals surface area contributed by atoms with Crippen LogP contribution in [0.3, 0.4) is 0 Å². The van der Waals surface area contributed by atoms with Gasteiger partial charge in [0.1, 0.15) is 0 Å². The zero-order valence-corrected chi connectivity index (χ0v) is 20.6. The highest BCUT2D eigenvalue weighted by Gasteiger charge is 2.18. The van der Waals surface area contributed by atoms with Crippen molar-refractivity contribution in [2.75, 3.05) is 0 Å². The van der Waals surface area contributed by atoms with Gasteiger partial charge in [0.25, 0.3) is 0 Å². The van der Waals surface area contributed by atoms with Crippen LogP contribution in [0, 0.1) is 13.8 Å². The Balaban J connectivity index is 1.49. The summed E-state index contributed by atoms with van der Waals surface area (Å²) in [5.74, 6) is 0. The minimum absolute atomic E-state index is 0.316. The molecule has 2 heterocycles. The third-order valence-corrected chi connectivity index (χ3v) is 10.2. The van der Waals surface area contributed by atoms with Gasteiger partial charge in [0.2, 0.25) is 9.84 Å². The lowest BCUT2D eigenvalue weighted by atomic mass is 9.99. The summed E-state index contributed by atoms with van der Waals surface area (Å²) < 4.78 is 28.5. The Morgan fingerprint density at radius 3 is 2.00 bits per heavy atom. The molecule has 2 aromatic heterocycles. The molecule has 0 aliphatic rings. The zero-order chi connectivity index (χ0) is 22.7. The van der Waals surface area contributed by atoms with E-state index in [4.69, 9.17) is 0 Å². The second-order valence-electron chi connectivity index (χ2n) is 8.34. The zero-order valence-electron chi connectivity index (χ0n) is 18.1. The molecule has 0 atom stereocenters. The van der Waals surface area contributed by atoms with Gasteiger partial charge in [-0.1, -0.05) is 30.3 Å². The number of benzene rings is 4. The van der Waals surface area contributed by atoms with E-state index in [2.05, 4.69) is 43.5 Å². The van der Waals surface area contributed by atoms with Crippen LogP contribution in [0.2, 0.25) is 0 Å². The SMILES string of the molecule is Cc1cc2c(cc(C)c3cc(-c4ccc(S(=O)(=O)c5ccccc5)cc4)sc32)c2sccc12. The van der Waals surface area contributed by atoms with Gasteiger partial charge in [-0.2, -0.15) is 0 Å². The topological polar surface area (TPSA) is 34.1 Å². The molecular formula is C28H20O2S3. The van der Waals surface area contributed by atoms with Gasteiger partial charge in [-0.05, 0) is 95.2 Å². The molecule has 0 saturated heterocycles. The van der Waals surface area contributed by atoms with Gasteiger partial charge in [0.15, 0.2) is 0 Å². The van der Waals surface area contributed by atoms with Crippen molar-refractivity contribution in [1.82, 2.24) is 0 Å². The lowest BCUT2D eigenvalue weighted by molar-refractivity contribution is 0.596. The Labute approximate surface area is 200 Å². The standard InChI is InChI=1S/C28H20O2S3/c1-17-14-25-24(27-22(17)12-13-31-27)15-18(2)23-16-26(32-28(23)25)19-8-10-21(11-9-19)33(29,30)20-6-4-3-5-7-20/h3-16H,1-2H3. The first-order valence-electron chi connectivity index (χ1n) is 10.7. The predicted octanol–water partition coefficient (Wildman–Crippen LogP) is 8.39. The van der Waals surface area contributed by atoms with Crippen LogP contribution >= 0.6 is 22.7 Å². The van der Waals surface area contributed by atoms with Crippen LogP contribution in [0.15, 0.2) is 94.0 Å². The van der Waals surface area contributed by atoms with Crippen molar-refractivity contribution >= 4 is 63.5 Å². The fourth-order valence-electron chi connectivity index (χ4n) is 4.51. The van der Waals surface area contributed by atoms with E-state index in [1.165, 1.54) is 42.1 Å². The number of aryl methyl sites for hydroxylation is 2. The molecule has 0 N–H and O–H groups in total. The fraction of sp³-hybridized carbons (Fsp3) is 0.0714. The molecule has 0 spiro atoms. The number of thiophene rings is 2. The molecule has 0 fully saturated rings. The molecule has 0 radical (unpaired) electrons. The molecule has 33 heavy (non-hydrogen) atoms. The first-order valence-corrected chi connectivity index (χ1v) is 13.9. The Kier molecular flexibility index (Phi) is 4.70. The molecular weight excluding hydrogens is 465 g/mol. The van der Waals surface area contributed by atoms with E-state index in [-0.39, 0.29) is 0 Å². The molecule has 0 aliphatic carbocycles. The average Bonchev–Trinajstić information content (AvgIpc) is 3.50. The van der Waals surface area contributed by atoms with E-state index in [0.717, 1.165) is 10.4 Å². The Morgan fingerprint density at radius 1 is 0.636 bits per heavy atom. The summed E-state index contributed by atoms with van der Waals surface area (Å²) in [7, 11) is -3.51. The molecule has 5 heteroatoms. The van der Waals surface area contributed by atoms with E-state index >= 15 is 0 Å². The number of fused-ring (bicyclic) bond motifs is 5. The highest BCUT2D eigenvalue weighted by molar-refractivity contribution is 7.91. The molecule has 4 aromatic carbocycles. The van der Waals surface area contributed by atoms with E-state index in [1.807, 2.05) is 18.2 Å². The number of sulfone groups is 1. The van der Waals surface area contributed by atoms with Crippen LogP contribution in [0.25, 0.3) is 41.4 Å². The minimum Gasteiger partial charge on any atom is -0.219 e. The van der Waals surface area contributed by atoms with Crippen molar-refractivity contribution in [3.63, 3.8) is 0 Å². The maximum atomic E-state index is 12.9. The summed E-state index contributed by atoms with van der Waals surface area (Å²) in [5, 5.41) is 7.37. The largest absolute Gasteiger partial charge is 0.219 e. The summed E-state index contributed by atoms with van der Waals surface area (Å²) in [6.07, 6.45) is 0. The number of hydrogen-bond acceptors (Lipinski definition) is 4. The summed E-state index contributed by atoms with van der Waals surface area (Å²) in [6, 6.07) is 24.9. The molecule has 0 amide bonds. The van der Waals surface area contributed by atoms with Gasteiger partial charge < -0.3 is 0 Å². The van der Waals surface area contributed by atoms with Crippen molar-refractivity contribution in [3.8, 4) is 10.4 Å². The van der Waals surface area contributed by atoms with Crippen molar-refractivity contribution < 1.29 is 8.42 Å². The monoisotopic (exact) mass is 484 g/mol. The molecule has 6 rings (SSSR count). The van der Waals surface area contributed by atoms with Crippen LogP contribution < -0.4 is 0 Å². The Hall–Kier alpha value is -2.99. The molecule has 0 unspecified atom stereocenters. The fourth-order valence-corrected chi connectivity index (χ4v) is 8.04. The molecule has 2 nitrogen and oxygen atoms in total. The minimum atomic E-state index is -3.51. The predicted molar refractivity (Wildman–Crippen MR) is 142 cm³/mol. The van der Waals surface area contributed by atoms with Crippen LogP contribution in [-0.2, 0) is 9.84 Å². The summed E-state index contributed by atoms with van der Waals surface area (Å²) in [6.45, 7) is 4.35. The molecule has 0 bridgehead atoms. The highest BCUT2D eigenvalue weighted by Crippen LogP contribution is 2.43. The van der Waals surface area contributed by atoms with Crippen molar-refractivity contribution in [1.29, 1.82) is 0 Å². The van der Waals surface area contributed by atoms with Gasteiger partial charge in [-0.3, -0.25) is 0 Å². The van der Waals surface area contributed by atoms with Gasteiger partial charge in [0, 0.05) is 25.0 Å². The van der Waals surface area contributed by atoms with E-state index in [0.29, 0.717) is 9.79 Å². The average molecular weight is 485 g/mol. The second kappa shape index (κ2) is 7.52. The van der Waals surface area contributed by atoms with Crippen LogP contribution in [0.5, 0.6) is 0 Å². The first-order chi connectivity index (χ1) is 15.9. The summed E-state index contributed by atoms with van der Waals surface area (Å²) in [4.78, 5) is 1.78. The summed E-state index contributed by atoms with van der Waals surface area (Å²) in [5.41, 5.74) is 3.60. The van der Waals surface area contributed by atoms with E-state index < -0.39 is 9.84 Å². The third-order valence-electron chi connectivity index (χ3n) is 6.25. The van der Waals surface area contributed by atoms with Gasteiger partial charge in [0.05, 0.1) is 9.79 Å². The normalized spacial score (nSPS) is 12.2. The highest BCUT2D eigenvalue weighted by atomic mass is 32.2. The van der Waals surface area contributed by atoms with Gasteiger partial charge >= 0.3 is 0 Å². The van der Waals surface area contributed by atoms with Gasteiger partial charge in [-0.15, -0.1) is 22.7 Å². The quantitative estimate of drug-likeness (QED) is 0.253. The van der Waals surface area contributed by atoms with E-state index in [1.54, 1.807) is 59.1 Å². The third kappa shape index (κ3) is 3.22. The molecule has 0 saturated carbocycles. The van der Waals surface area contributed by atoms with Crippen LogP contribution in [0.4, 0.5) is 0 Å². The lowest BCUT2D eigenvalue weighted by Gasteiger charge is -2.07.